The Labute approximate surface area is 185 Å². The number of anilines is 1. The molecule has 0 spiro atoms. The van der Waals surface area contributed by atoms with Crippen LogP contribution in [0.25, 0.3) is 0 Å². The van der Waals surface area contributed by atoms with E-state index in [1.54, 1.807) is 12.1 Å². The second-order valence-electron chi connectivity index (χ2n) is 7.84. The Bertz CT molecular complexity index is 904. The van der Waals surface area contributed by atoms with Gasteiger partial charge in [0.2, 0.25) is 0 Å². The van der Waals surface area contributed by atoms with E-state index in [0.717, 1.165) is 11.5 Å². The van der Waals surface area contributed by atoms with Crippen LogP contribution in [-0.4, -0.2) is 52.3 Å². The van der Waals surface area contributed by atoms with Crippen LogP contribution < -0.4 is 16.8 Å². The van der Waals surface area contributed by atoms with Crippen molar-refractivity contribution in [2.24, 2.45) is 5.73 Å². The number of nitrogens with one attached hydrogen (secondary N) is 1. The fraction of sp³-hybridized carbons (Fsp3) is 0.500. The number of nitrogens with zero attached hydrogens (tertiary/aromatic N) is 2. The predicted octanol–water partition coefficient (Wildman–Crippen LogP) is 1.94. The Morgan fingerprint density at radius 2 is 2.06 bits per heavy atom. The SMILES string of the molecule is CCOCCCN(C(=O)c1snc(C(N)=O)c1N)C(C(=O)NC(C)(C)C)c1ccco1. The standard InChI is InChI=1S/C20H29N5O5S/c1-5-29-10-7-9-25(19(28)16-13(21)14(17(22)26)24-31-16)15(12-8-6-11-30-12)18(27)23-20(2,3)4/h6,8,11,15H,5,7,9-10,21H2,1-4H3,(H2,22,26)(H,23,27). The Morgan fingerprint density at radius 1 is 1.35 bits per heavy atom. The summed E-state index contributed by atoms with van der Waals surface area (Å²) in [4.78, 5) is 39.6. The molecule has 1 unspecified atom stereocenters. The van der Waals surface area contributed by atoms with Crippen molar-refractivity contribution in [2.75, 3.05) is 25.5 Å². The first-order valence-corrected chi connectivity index (χ1v) is 10.6. The molecule has 0 fully saturated rings. The molecular formula is C20H29N5O5S. The van der Waals surface area contributed by atoms with Crippen LogP contribution in [-0.2, 0) is 9.53 Å². The van der Waals surface area contributed by atoms with Gasteiger partial charge in [-0.2, -0.15) is 4.37 Å². The fourth-order valence-electron chi connectivity index (χ4n) is 2.90. The highest BCUT2D eigenvalue weighted by molar-refractivity contribution is 7.09. The number of ether oxygens (including phenoxy) is 1. The van der Waals surface area contributed by atoms with Gasteiger partial charge in [0.1, 0.15) is 10.6 Å². The summed E-state index contributed by atoms with van der Waals surface area (Å²) in [6, 6.07) is 2.21. The molecule has 11 heteroatoms. The molecule has 0 bridgehead atoms. The van der Waals surface area contributed by atoms with Crippen LogP contribution in [0.3, 0.4) is 0 Å². The Morgan fingerprint density at radius 3 is 2.58 bits per heavy atom. The van der Waals surface area contributed by atoms with Gasteiger partial charge in [0, 0.05) is 25.3 Å². The van der Waals surface area contributed by atoms with E-state index in [4.69, 9.17) is 20.6 Å². The zero-order chi connectivity index (χ0) is 23.2. The molecule has 10 nitrogen and oxygen atoms in total. The van der Waals surface area contributed by atoms with Gasteiger partial charge in [-0.1, -0.05) is 0 Å². The van der Waals surface area contributed by atoms with E-state index in [9.17, 15) is 14.4 Å². The van der Waals surface area contributed by atoms with Crippen LogP contribution in [0.4, 0.5) is 5.69 Å². The molecule has 0 saturated heterocycles. The summed E-state index contributed by atoms with van der Waals surface area (Å²) in [5, 5.41) is 2.89. The van der Waals surface area contributed by atoms with Gasteiger partial charge in [0.05, 0.1) is 12.0 Å². The smallest absolute Gasteiger partial charge is 0.270 e. The van der Waals surface area contributed by atoms with Gasteiger partial charge in [-0.3, -0.25) is 14.4 Å². The summed E-state index contributed by atoms with van der Waals surface area (Å²) in [5.74, 6) is -1.50. The average Bonchev–Trinajstić information content (AvgIpc) is 3.32. The summed E-state index contributed by atoms with van der Waals surface area (Å²) in [7, 11) is 0. The van der Waals surface area contributed by atoms with Crippen molar-refractivity contribution < 1.29 is 23.5 Å². The summed E-state index contributed by atoms with van der Waals surface area (Å²) in [5.41, 5.74) is 10.4. The number of nitrogens with two attached hydrogens (primary N) is 2. The van der Waals surface area contributed by atoms with Crippen molar-refractivity contribution in [2.45, 2.75) is 45.7 Å². The first kappa shape index (κ1) is 24.4. The molecule has 0 aliphatic rings. The molecule has 1 atom stereocenters. The molecule has 0 aliphatic carbocycles. The number of carbonyl (C=O) groups excluding carboxylic acids is 3. The van der Waals surface area contributed by atoms with Gasteiger partial charge in [-0.25, -0.2) is 0 Å². The van der Waals surface area contributed by atoms with Crippen LogP contribution in [0, 0.1) is 0 Å². The van der Waals surface area contributed by atoms with Crippen LogP contribution >= 0.6 is 11.5 Å². The number of nitrogen functional groups attached to an aromatic ring is 1. The van der Waals surface area contributed by atoms with Crippen LogP contribution in [0.5, 0.6) is 0 Å². The number of rotatable bonds is 10. The number of primary amides is 1. The monoisotopic (exact) mass is 451 g/mol. The number of carbonyl (C=O) groups is 3. The van der Waals surface area contributed by atoms with Crippen molar-refractivity contribution in [3.05, 3.63) is 34.7 Å². The minimum absolute atomic E-state index is 0.0327. The molecule has 3 amide bonds. The second-order valence-corrected chi connectivity index (χ2v) is 8.62. The lowest BCUT2D eigenvalue weighted by Gasteiger charge is -2.32. The quantitative estimate of drug-likeness (QED) is 0.466. The average molecular weight is 452 g/mol. The molecule has 170 valence electrons. The molecule has 5 N–H and O–H groups in total. The normalized spacial score (nSPS) is 12.4. The third-order valence-corrected chi connectivity index (χ3v) is 5.03. The van der Waals surface area contributed by atoms with Crippen molar-refractivity contribution in [1.29, 1.82) is 0 Å². The van der Waals surface area contributed by atoms with E-state index < -0.39 is 29.3 Å². The number of hydrogen-bond donors (Lipinski definition) is 3. The van der Waals surface area contributed by atoms with E-state index in [0.29, 0.717) is 25.4 Å². The predicted molar refractivity (Wildman–Crippen MR) is 117 cm³/mol. The Hall–Kier alpha value is -2.92. The number of hydrogen-bond acceptors (Lipinski definition) is 8. The Kier molecular flexibility index (Phi) is 8.17. The molecule has 0 aliphatic heterocycles. The maximum atomic E-state index is 13.5. The third-order valence-electron chi connectivity index (χ3n) is 4.18. The van der Waals surface area contributed by atoms with E-state index in [-0.39, 0.29) is 22.8 Å². The lowest BCUT2D eigenvalue weighted by atomic mass is 10.1. The van der Waals surface area contributed by atoms with Crippen molar-refractivity contribution >= 4 is 34.9 Å². The highest BCUT2D eigenvalue weighted by Gasteiger charge is 2.37. The molecule has 2 aromatic rings. The topological polar surface area (TPSA) is 154 Å². The Balaban J connectivity index is 2.46. The molecule has 0 aromatic carbocycles. The summed E-state index contributed by atoms with van der Waals surface area (Å²) < 4.78 is 14.8. The van der Waals surface area contributed by atoms with Crippen molar-refractivity contribution in [3.63, 3.8) is 0 Å². The minimum Gasteiger partial charge on any atom is -0.467 e. The number of furan rings is 1. The number of aromatic nitrogens is 1. The zero-order valence-corrected chi connectivity index (χ0v) is 19.0. The van der Waals surface area contributed by atoms with Crippen LogP contribution in [0.15, 0.2) is 22.8 Å². The van der Waals surface area contributed by atoms with Gasteiger partial charge in [0.25, 0.3) is 17.7 Å². The highest BCUT2D eigenvalue weighted by atomic mass is 32.1. The lowest BCUT2D eigenvalue weighted by Crippen LogP contribution is -2.49. The van der Waals surface area contributed by atoms with Crippen molar-refractivity contribution in [3.8, 4) is 0 Å². The van der Waals surface area contributed by atoms with Gasteiger partial charge >= 0.3 is 0 Å². The summed E-state index contributed by atoms with van der Waals surface area (Å²) >= 11 is 0.764. The summed E-state index contributed by atoms with van der Waals surface area (Å²) in [6.45, 7) is 8.50. The highest BCUT2D eigenvalue weighted by Crippen LogP contribution is 2.29. The maximum absolute atomic E-state index is 13.5. The van der Waals surface area contributed by atoms with Gasteiger partial charge in [-0.05, 0) is 57.8 Å². The molecular weight excluding hydrogens is 422 g/mol. The van der Waals surface area contributed by atoms with Gasteiger partial charge < -0.3 is 30.8 Å². The molecule has 0 saturated carbocycles. The largest absolute Gasteiger partial charge is 0.467 e. The fourth-order valence-corrected chi connectivity index (χ4v) is 3.66. The molecule has 0 radical (unpaired) electrons. The molecule has 2 rings (SSSR count). The van der Waals surface area contributed by atoms with Crippen molar-refractivity contribution in [1.82, 2.24) is 14.6 Å². The van der Waals surface area contributed by atoms with E-state index in [1.165, 1.54) is 11.2 Å². The third kappa shape index (κ3) is 6.28. The van der Waals surface area contributed by atoms with Gasteiger partial charge in [-0.15, -0.1) is 0 Å². The number of amides is 3. The first-order chi connectivity index (χ1) is 14.6. The molecule has 2 heterocycles. The van der Waals surface area contributed by atoms with E-state index >= 15 is 0 Å². The second kappa shape index (κ2) is 10.4. The minimum atomic E-state index is -1.05. The molecule has 2 aromatic heterocycles. The van der Waals surface area contributed by atoms with Crippen LogP contribution in [0.2, 0.25) is 0 Å². The molecule has 31 heavy (non-hydrogen) atoms. The van der Waals surface area contributed by atoms with E-state index in [2.05, 4.69) is 9.69 Å². The lowest BCUT2D eigenvalue weighted by molar-refractivity contribution is -0.128. The summed E-state index contributed by atoms with van der Waals surface area (Å²) in [6.07, 6.45) is 1.91. The van der Waals surface area contributed by atoms with E-state index in [1.807, 2.05) is 27.7 Å². The van der Waals surface area contributed by atoms with Gasteiger partial charge in [0.15, 0.2) is 11.7 Å². The van der Waals surface area contributed by atoms with Crippen LogP contribution in [0.1, 0.15) is 66.1 Å². The first-order valence-electron chi connectivity index (χ1n) is 9.86. The zero-order valence-electron chi connectivity index (χ0n) is 18.1. The maximum Gasteiger partial charge on any atom is 0.270 e.